The van der Waals surface area contributed by atoms with Crippen LogP contribution in [-0.4, -0.2) is 15.7 Å². The van der Waals surface area contributed by atoms with Crippen LogP contribution in [-0.2, 0) is 11.3 Å². The van der Waals surface area contributed by atoms with Gasteiger partial charge in [-0.3, -0.25) is 9.48 Å². The minimum Gasteiger partial charge on any atom is -0.321 e. The summed E-state index contributed by atoms with van der Waals surface area (Å²) >= 11 is 6.33. The van der Waals surface area contributed by atoms with Crippen molar-refractivity contribution in [2.75, 3.05) is 5.32 Å². The third-order valence-corrected chi connectivity index (χ3v) is 3.80. The molecule has 1 aromatic carbocycles. The zero-order chi connectivity index (χ0) is 18.6. The second-order valence-electron chi connectivity index (χ2n) is 6.00. The molecule has 7 heteroatoms. The molecule has 1 N–H and O–H groups in total. The number of nitrogens with zero attached hydrogens (tertiary/aromatic N) is 3. The molecule has 1 amide bonds. The topological polar surface area (TPSA) is 70.7 Å². The summed E-state index contributed by atoms with van der Waals surface area (Å²) < 4.78 is 14.6. The molecule has 0 aliphatic rings. The first-order valence-corrected chi connectivity index (χ1v) is 8.11. The van der Waals surface area contributed by atoms with Crippen molar-refractivity contribution in [2.45, 2.75) is 27.3 Å². The van der Waals surface area contributed by atoms with Crippen LogP contribution in [0.1, 0.15) is 25.1 Å². The molecule has 130 valence electrons. The molecule has 0 spiro atoms. The van der Waals surface area contributed by atoms with E-state index in [2.05, 4.69) is 10.4 Å². The fourth-order valence-electron chi connectivity index (χ4n) is 2.22. The molecule has 0 saturated heterocycles. The maximum absolute atomic E-state index is 12.9. The summed E-state index contributed by atoms with van der Waals surface area (Å²) in [5.74, 6) is -0.652. The Hall–Kier alpha value is -2.65. The summed E-state index contributed by atoms with van der Waals surface area (Å²) in [4.78, 5) is 12.3. The van der Waals surface area contributed by atoms with E-state index in [0.29, 0.717) is 34.6 Å². The number of nitrogens with one attached hydrogen (secondary N) is 1. The Balaban J connectivity index is 2.28. The third-order valence-electron chi connectivity index (χ3n) is 3.40. The number of carbonyl (C=O) groups excluding carboxylic acids is 1. The number of hydrogen-bond donors (Lipinski definition) is 1. The number of benzene rings is 1. The van der Waals surface area contributed by atoms with Crippen LogP contribution in [0.2, 0.25) is 5.15 Å². The van der Waals surface area contributed by atoms with Crippen LogP contribution < -0.4 is 5.32 Å². The fraction of sp³-hybridized carbons (Fsp3) is 0.278. The fourth-order valence-corrected chi connectivity index (χ4v) is 2.52. The summed E-state index contributed by atoms with van der Waals surface area (Å²) in [6.07, 6.45) is 1.42. The van der Waals surface area contributed by atoms with E-state index >= 15 is 0 Å². The van der Waals surface area contributed by atoms with Gasteiger partial charge in [0, 0.05) is 17.8 Å². The van der Waals surface area contributed by atoms with Gasteiger partial charge in [0.05, 0.1) is 5.69 Å². The number of rotatable bonds is 5. The number of hydrogen-bond acceptors (Lipinski definition) is 3. The molecular weight excluding hydrogens is 343 g/mol. The highest BCUT2D eigenvalue weighted by atomic mass is 35.5. The Morgan fingerprint density at radius 3 is 2.64 bits per heavy atom. The third kappa shape index (κ3) is 4.68. The van der Waals surface area contributed by atoms with E-state index < -0.39 is 11.7 Å². The molecule has 0 atom stereocenters. The molecular formula is C18H18ClFN4O. The van der Waals surface area contributed by atoms with Crippen molar-refractivity contribution in [1.82, 2.24) is 9.78 Å². The molecule has 1 heterocycles. The molecule has 0 aliphatic heterocycles. The van der Waals surface area contributed by atoms with Gasteiger partial charge in [-0.15, -0.1) is 0 Å². The Labute approximate surface area is 150 Å². The van der Waals surface area contributed by atoms with E-state index in [4.69, 9.17) is 11.6 Å². The molecule has 0 unspecified atom stereocenters. The van der Waals surface area contributed by atoms with E-state index in [1.807, 2.05) is 19.9 Å². The Morgan fingerprint density at radius 2 is 2.08 bits per heavy atom. The van der Waals surface area contributed by atoms with Crippen LogP contribution >= 0.6 is 11.6 Å². The summed E-state index contributed by atoms with van der Waals surface area (Å²) in [7, 11) is 0. The SMILES string of the molecule is Cc1nn(CC(C)C)c(Cl)c1/C=C(\C#N)C(=O)Nc1ccc(F)cc1. The summed E-state index contributed by atoms with van der Waals surface area (Å²) in [6.45, 7) is 6.48. The number of amides is 1. The highest BCUT2D eigenvalue weighted by molar-refractivity contribution is 6.31. The van der Waals surface area contributed by atoms with Gasteiger partial charge in [-0.1, -0.05) is 25.4 Å². The van der Waals surface area contributed by atoms with E-state index in [1.165, 1.54) is 30.3 Å². The number of aryl methyl sites for hydroxylation is 1. The maximum atomic E-state index is 12.9. The van der Waals surface area contributed by atoms with Crippen LogP contribution in [0, 0.1) is 30.0 Å². The van der Waals surface area contributed by atoms with Crippen LogP contribution in [0.15, 0.2) is 29.8 Å². The Bertz CT molecular complexity index is 847. The number of aromatic nitrogens is 2. The molecule has 0 aliphatic carbocycles. The number of carbonyl (C=O) groups is 1. The van der Waals surface area contributed by atoms with Crippen molar-refractivity contribution in [3.05, 3.63) is 52.1 Å². The number of nitriles is 1. The Morgan fingerprint density at radius 1 is 1.44 bits per heavy atom. The van der Waals surface area contributed by atoms with Gasteiger partial charge in [0.1, 0.15) is 22.6 Å². The normalized spacial score (nSPS) is 11.5. The monoisotopic (exact) mass is 360 g/mol. The van der Waals surface area contributed by atoms with Gasteiger partial charge in [0.25, 0.3) is 5.91 Å². The highest BCUT2D eigenvalue weighted by Gasteiger charge is 2.16. The van der Waals surface area contributed by atoms with Gasteiger partial charge in [-0.25, -0.2) is 4.39 Å². The van der Waals surface area contributed by atoms with Crippen molar-refractivity contribution in [3.63, 3.8) is 0 Å². The first kappa shape index (κ1) is 18.7. The van der Waals surface area contributed by atoms with Gasteiger partial charge in [-0.2, -0.15) is 10.4 Å². The first-order chi connectivity index (χ1) is 11.8. The zero-order valence-electron chi connectivity index (χ0n) is 14.2. The van der Waals surface area contributed by atoms with Crippen molar-refractivity contribution >= 4 is 29.3 Å². The smallest absolute Gasteiger partial charge is 0.266 e. The summed E-state index contributed by atoms with van der Waals surface area (Å²) in [5.41, 5.74) is 1.45. The second-order valence-corrected chi connectivity index (χ2v) is 6.35. The molecule has 1 aromatic heterocycles. The quantitative estimate of drug-likeness (QED) is 0.642. The molecule has 0 fully saturated rings. The van der Waals surface area contributed by atoms with Gasteiger partial charge >= 0.3 is 0 Å². The van der Waals surface area contributed by atoms with E-state index in [9.17, 15) is 14.4 Å². The lowest BCUT2D eigenvalue weighted by molar-refractivity contribution is -0.112. The summed E-state index contributed by atoms with van der Waals surface area (Å²) in [5, 5.41) is 16.6. The lowest BCUT2D eigenvalue weighted by Crippen LogP contribution is -2.13. The number of halogens is 2. The lowest BCUT2D eigenvalue weighted by atomic mass is 10.1. The second kappa shape index (κ2) is 7.95. The van der Waals surface area contributed by atoms with Gasteiger partial charge in [0.2, 0.25) is 0 Å². The standard InChI is InChI=1S/C18H18ClFN4O/c1-11(2)10-24-17(19)16(12(3)23-24)8-13(9-21)18(25)22-15-6-4-14(20)5-7-15/h4-8,11H,10H2,1-3H3,(H,22,25)/b13-8+. The van der Waals surface area contributed by atoms with E-state index in [0.717, 1.165) is 0 Å². The van der Waals surface area contributed by atoms with Crippen LogP contribution in [0.4, 0.5) is 10.1 Å². The average molecular weight is 361 g/mol. The molecule has 0 saturated carbocycles. The highest BCUT2D eigenvalue weighted by Crippen LogP contribution is 2.24. The van der Waals surface area contributed by atoms with Crippen molar-refractivity contribution in [3.8, 4) is 6.07 Å². The van der Waals surface area contributed by atoms with Crippen molar-refractivity contribution in [2.24, 2.45) is 5.92 Å². The molecule has 0 bridgehead atoms. The first-order valence-electron chi connectivity index (χ1n) is 7.73. The van der Waals surface area contributed by atoms with E-state index in [1.54, 1.807) is 11.6 Å². The molecule has 5 nitrogen and oxygen atoms in total. The minimum atomic E-state index is -0.596. The molecule has 2 rings (SSSR count). The molecule has 25 heavy (non-hydrogen) atoms. The van der Waals surface area contributed by atoms with E-state index in [-0.39, 0.29) is 5.57 Å². The van der Waals surface area contributed by atoms with Gasteiger partial charge in [0.15, 0.2) is 0 Å². The molecule has 2 aromatic rings. The lowest BCUT2D eigenvalue weighted by Gasteiger charge is -2.06. The number of anilines is 1. The van der Waals surface area contributed by atoms with Crippen LogP contribution in [0.3, 0.4) is 0 Å². The molecule has 0 radical (unpaired) electrons. The van der Waals surface area contributed by atoms with Crippen LogP contribution in [0.5, 0.6) is 0 Å². The van der Waals surface area contributed by atoms with Crippen molar-refractivity contribution < 1.29 is 9.18 Å². The largest absolute Gasteiger partial charge is 0.321 e. The Kier molecular flexibility index (Phi) is 5.94. The zero-order valence-corrected chi connectivity index (χ0v) is 14.9. The van der Waals surface area contributed by atoms with Crippen LogP contribution in [0.25, 0.3) is 6.08 Å². The van der Waals surface area contributed by atoms with Gasteiger partial charge < -0.3 is 5.32 Å². The minimum absolute atomic E-state index is 0.113. The predicted octanol–water partition coefficient (Wildman–Crippen LogP) is 4.19. The maximum Gasteiger partial charge on any atom is 0.266 e. The summed E-state index contributed by atoms with van der Waals surface area (Å²) in [6, 6.07) is 7.15. The average Bonchev–Trinajstić information content (AvgIpc) is 2.80. The van der Waals surface area contributed by atoms with Crippen molar-refractivity contribution in [1.29, 1.82) is 5.26 Å². The van der Waals surface area contributed by atoms with Gasteiger partial charge in [-0.05, 0) is 43.2 Å². The predicted molar refractivity (Wildman–Crippen MR) is 95.4 cm³/mol.